The third-order valence-corrected chi connectivity index (χ3v) is 9.72. The SMILES string of the molecule is CC1CCC2(Cc3nc(OCC45CCCN4CC(F)C5)nc(N4CCCOCC4)c3CO2)c2[c-]c(N)ccc21.[Cm]. The van der Waals surface area contributed by atoms with Gasteiger partial charge in [-0.15, -0.1) is 17.2 Å². The van der Waals surface area contributed by atoms with E-state index in [0.29, 0.717) is 56.8 Å². The molecule has 1 aromatic carbocycles. The second kappa shape index (κ2) is 10.2. The molecule has 2 N–H and O–H groups in total. The number of nitrogen functional groups attached to an aromatic ring is 1. The van der Waals surface area contributed by atoms with E-state index in [4.69, 9.17) is 29.9 Å². The van der Waals surface area contributed by atoms with Crippen molar-refractivity contribution >= 4 is 11.5 Å². The number of anilines is 2. The number of nitrogens with zero attached hydrogens (tertiary/aromatic N) is 4. The van der Waals surface area contributed by atoms with Crippen LogP contribution in [0.25, 0.3) is 0 Å². The molecule has 5 heterocycles. The van der Waals surface area contributed by atoms with Crippen molar-refractivity contribution in [3.8, 4) is 6.01 Å². The monoisotopic (exact) mass is 779 g/mol. The summed E-state index contributed by atoms with van der Waals surface area (Å²) in [5, 5.41) is 0. The number of hydrogen-bond acceptors (Lipinski definition) is 8. The predicted octanol–water partition coefficient (Wildman–Crippen LogP) is 3.91. The molecule has 0 amide bonds. The zero-order valence-electron chi connectivity index (χ0n) is 23.2. The molecule has 3 saturated heterocycles. The minimum absolute atomic E-state index is 0. The molecular weight excluding hydrogens is 744 g/mol. The molecule has 1 spiro atoms. The summed E-state index contributed by atoms with van der Waals surface area (Å²) >= 11 is 0. The smallest absolute Gasteiger partial charge is 0.318 e. The summed E-state index contributed by atoms with van der Waals surface area (Å²) in [6, 6.07) is 7.91. The fourth-order valence-electron chi connectivity index (χ4n) is 7.61. The van der Waals surface area contributed by atoms with Gasteiger partial charge in [-0.1, -0.05) is 24.9 Å². The first-order valence-electron chi connectivity index (χ1n) is 14.7. The quantitative estimate of drug-likeness (QED) is 0.370. The van der Waals surface area contributed by atoms with Crippen LogP contribution < -0.4 is 15.4 Å². The standard InChI is InChI=1S/C30H39FN5O3.Cm/c1-20-6-8-30(25-14-22(32)4-5-23(20)25)16-26-24(18-39-30)27(35-9-3-12-37-13-11-35)34-28(33-26)38-19-29-7-2-10-36(29)17-21(31)15-29;/h4-5,20-21H,2-3,6-13,15-19,32H2,1H3;/q-1;. The number of rotatable bonds is 4. The minimum atomic E-state index is -0.791. The van der Waals surface area contributed by atoms with Crippen LogP contribution in [0.1, 0.15) is 73.8 Å². The molecule has 0 bridgehead atoms. The molecule has 4 atom stereocenters. The van der Waals surface area contributed by atoms with Crippen LogP contribution in [0.15, 0.2) is 12.1 Å². The second-order valence-corrected chi connectivity index (χ2v) is 12.2. The molecule has 1 aromatic heterocycles. The fourth-order valence-corrected chi connectivity index (χ4v) is 7.61. The van der Waals surface area contributed by atoms with Gasteiger partial charge in [0.2, 0.25) is 0 Å². The van der Waals surface area contributed by atoms with Crippen molar-refractivity contribution in [2.45, 2.75) is 81.7 Å². The van der Waals surface area contributed by atoms with E-state index >= 15 is 0 Å². The first-order valence-corrected chi connectivity index (χ1v) is 14.7. The Morgan fingerprint density at radius 3 is 2.98 bits per heavy atom. The van der Waals surface area contributed by atoms with Crippen molar-refractivity contribution in [2.24, 2.45) is 0 Å². The van der Waals surface area contributed by atoms with Crippen LogP contribution in [0, 0.1) is 6.07 Å². The number of alkyl halides is 1. The van der Waals surface area contributed by atoms with Crippen LogP contribution in [0.5, 0.6) is 6.01 Å². The van der Waals surface area contributed by atoms with Gasteiger partial charge in [-0.3, -0.25) is 4.90 Å². The number of ether oxygens (including phenoxy) is 3. The second-order valence-electron chi connectivity index (χ2n) is 12.2. The zero-order chi connectivity index (χ0) is 26.6. The van der Waals surface area contributed by atoms with Gasteiger partial charge in [0.15, 0.2) is 0 Å². The molecular formula is C30H39CmFN5O3-. The van der Waals surface area contributed by atoms with Crippen molar-refractivity contribution in [3.05, 3.63) is 40.6 Å². The summed E-state index contributed by atoms with van der Waals surface area (Å²) in [7, 11) is 0. The van der Waals surface area contributed by atoms with Crippen molar-refractivity contribution in [2.75, 3.05) is 56.6 Å². The molecule has 4 unspecified atom stereocenters. The number of nitrogens with two attached hydrogens (primary N) is 1. The van der Waals surface area contributed by atoms with Crippen LogP contribution in [-0.4, -0.2) is 72.6 Å². The normalized spacial score (nSPS) is 31.7. The Hall–Kier alpha value is -3.49. The Kier molecular flexibility index (Phi) is 6.79. The van der Waals surface area contributed by atoms with Crippen LogP contribution in [0.2, 0.25) is 0 Å². The maximum atomic E-state index is 14.4. The molecule has 3 fully saturated rings. The first-order chi connectivity index (χ1) is 18.9. The van der Waals surface area contributed by atoms with Crippen LogP contribution in [0.3, 0.4) is 0 Å². The van der Waals surface area contributed by atoms with Gasteiger partial charge in [-0.25, -0.2) is 4.39 Å². The van der Waals surface area contributed by atoms with Crippen molar-refractivity contribution < 1.29 is 18.6 Å². The van der Waals surface area contributed by atoms with E-state index in [9.17, 15) is 4.39 Å². The predicted molar refractivity (Wildman–Crippen MR) is 146 cm³/mol. The third kappa shape index (κ3) is 4.43. The van der Waals surface area contributed by atoms with E-state index < -0.39 is 11.8 Å². The van der Waals surface area contributed by atoms with Gasteiger partial charge >= 0.3 is 6.01 Å². The topological polar surface area (TPSA) is 86.0 Å². The van der Waals surface area contributed by atoms with Gasteiger partial charge in [-0.2, -0.15) is 22.1 Å². The summed E-state index contributed by atoms with van der Waals surface area (Å²) in [6.07, 6.45) is 5.27. The summed E-state index contributed by atoms with van der Waals surface area (Å²) in [6.45, 7) is 7.59. The Labute approximate surface area is 230 Å². The van der Waals surface area contributed by atoms with Gasteiger partial charge in [0.05, 0.1) is 30.0 Å². The van der Waals surface area contributed by atoms with Crippen LogP contribution in [0.4, 0.5) is 15.9 Å². The Morgan fingerprint density at radius 1 is 1.18 bits per heavy atom. The van der Waals surface area contributed by atoms with Gasteiger partial charge in [0.1, 0.15) is 18.6 Å². The summed E-state index contributed by atoms with van der Waals surface area (Å²) < 4.78 is 33.3. The molecule has 218 valence electrons. The molecule has 7 rings (SSSR count). The van der Waals surface area contributed by atoms with E-state index in [1.807, 2.05) is 6.07 Å². The number of aromatic nitrogens is 2. The fraction of sp³-hybridized carbons (Fsp3) is 0.667. The van der Waals surface area contributed by atoms with Gasteiger partial charge in [-0.05, 0) is 32.2 Å². The summed E-state index contributed by atoms with van der Waals surface area (Å²) in [4.78, 5) is 14.5. The minimum Gasteiger partial charge on any atom is -0.461 e. The molecule has 8 nitrogen and oxygen atoms in total. The largest absolute Gasteiger partial charge is 0.461 e. The van der Waals surface area contributed by atoms with E-state index in [2.05, 4.69) is 28.9 Å². The van der Waals surface area contributed by atoms with Crippen molar-refractivity contribution in [1.82, 2.24) is 14.9 Å². The average molecular weight is 784 g/mol. The number of halogens is 1. The Balaban J connectivity index is 0.00000289. The number of benzene rings is 1. The third-order valence-electron chi connectivity index (χ3n) is 9.72. The molecule has 0 saturated carbocycles. The van der Waals surface area contributed by atoms with Crippen LogP contribution in [-0.2, 0) is 28.1 Å². The molecule has 1 aliphatic carbocycles. The molecule has 5 aliphatic rings. The van der Waals surface area contributed by atoms with Crippen LogP contribution >= 0.6 is 0 Å². The molecule has 40 heavy (non-hydrogen) atoms. The van der Waals surface area contributed by atoms with Gasteiger partial charge < -0.3 is 24.8 Å². The number of hydrogen-bond donors (Lipinski definition) is 1. The van der Waals surface area contributed by atoms with E-state index in [-0.39, 0.29) is 5.54 Å². The van der Waals surface area contributed by atoms with E-state index in [0.717, 1.165) is 81.0 Å². The molecule has 0 radical (unpaired) electrons. The maximum Gasteiger partial charge on any atom is 0.318 e. The van der Waals surface area contributed by atoms with Crippen molar-refractivity contribution in [1.29, 1.82) is 0 Å². The Morgan fingerprint density at radius 2 is 2.08 bits per heavy atom. The summed E-state index contributed by atoms with van der Waals surface area (Å²) in [5.41, 5.74) is 10.4. The first kappa shape index (κ1) is 26.7. The molecule has 4 aliphatic heterocycles. The van der Waals surface area contributed by atoms with Gasteiger partial charge in [0, 0.05) is 44.6 Å². The molecule has 10 heteroatoms. The van der Waals surface area contributed by atoms with E-state index in [1.54, 1.807) is 0 Å². The average Bonchev–Trinajstić information content (AvgIpc) is 3.31. The maximum absolute atomic E-state index is 14.4. The zero-order valence-corrected chi connectivity index (χ0v) is 26.2. The molecule has 2 aromatic rings. The summed E-state index contributed by atoms with van der Waals surface area (Å²) in [5.74, 6) is 1.32. The number of fused-ring (bicyclic) bond motifs is 4. The van der Waals surface area contributed by atoms with Crippen molar-refractivity contribution in [3.63, 3.8) is 0 Å². The van der Waals surface area contributed by atoms with E-state index in [1.165, 1.54) is 5.56 Å². The van der Waals surface area contributed by atoms with Gasteiger partial charge in [0.25, 0.3) is 0 Å². The Bertz CT molecular complexity index is 1240.